The first-order chi connectivity index (χ1) is 13.6. The number of hydrogen-bond donors (Lipinski definition) is 3. The van der Waals surface area contributed by atoms with Crippen molar-refractivity contribution in [2.24, 2.45) is 4.99 Å². The summed E-state index contributed by atoms with van der Waals surface area (Å²) in [4.78, 5) is 4.47. The number of rotatable bonds is 6. The molecule has 0 aromatic heterocycles. The maximum absolute atomic E-state index is 10.2. The van der Waals surface area contributed by atoms with Crippen LogP contribution in [0.4, 0.5) is 11.4 Å². The van der Waals surface area contributed by atoms with Gasteiger partial charge in [-0.1, -0.05) is 18.2 Å². The van der Waals surface area contributed by atoms with E-state index in [1.54, 1.807) is 57.0 Å². The Bertz CT molecular complexity index is 961. The second kappa shape index (κ2) is 8.92. The molecule has 0 amide bonds. The Balaban J connectivity index is 1.78. The molecule has 1 aliphatic carbocycles. The maximum Gasteiger partial charge on any atom is 0.128 e. The zero-order valence-corrected chi connectivity index (χ0v) is 15.7. The fraction of sp³-hybridized carbons (Fsp3) is 0.136. The van der Waals surface area contributed by atoms with Gasteiger partial charge < -0.3 is 25.0 Å². The van der Waals surface area contributed by atoms with Gasteiger partial charge in [0.05, 0.1) is 25.6 Å². The largest absolute Gasteiger partial charge is 0.507 e. The zero-order chi connectivity index (χ0) is 19.9. The van der Waals surface area contributed by atoms with E-state index >= 15 is 0 Å². The van der Waals surface area contributed by atoms with Crippen LogP contribution in [0.2, 0.25) is 0 Å². The molecule has 0 saturated heterocycles. The molecule has 144 valence electrons. The molecule has 1 atom stereocenters. The van der Waals surface area contributed by atoms with Gasteiger partial charge in [-0.15, -0.1) is 0 Å². The number of aliphatic hydroxyl groups excluding tert-OH is 1. The molecule has 2 aromatic rings. The summed E-state index contributed by atoms with van der Waals surface area (Å²) < 4.78 is 10.2. The lowest BCUT2D eigenvalue weighted by atomic mass is 10.0. The Labute approximate surface area is 163 Å². The van der Waals surface area contributed by atoms with Crippen LogP contribution < -0.4 is 10.1 Å². The summed E-state index contributed by atoms with van der Waals surface area (Å²) in [6, 6.07) is 12.5. The Morgan fingerprint density at radius 1 is 1.07 bits per heavy atom. The fourth-order valence-corrected chi connectivity index (χ4v) is 2.62. The average molecular weight is 378 g/mol. The van der Waals surface area contributed by atoms with Gasteiger partial charge >= 0.3 is 0 Å². The Hall–Kier alpha value is -3.51. The summed E-state index contributed by atoms with van der Waals surface area (Å²) in [7, 11) is 3.11. The molecule has 28 heavy (non-hydrogen) atoms. The summed E-state index contributed by atoms with van der Waals surface area (Å²) in [5.74, 6) is 1.29. The van der Waals surface area contributed by atoms with E-state index in [1.807, 2.05) is 24.3 Å². The van der Waals surface area contributed by atoms with Crippen molar-refractivity contribution in [1.29, 1.82) is 0 Å². The summed E-state index contributed by atoms with van der Waals surface area (Å²) in [5, 5.41) is 23.4. The second-order valence-electron chi connectivity index (χ2n) is 6.04. The number of aliphatic imine (C=N–C) groups is 1. The lowest BCUT2D eigenvalue weighted by Gasteiger charge is -2.15. The number of nitrogens with one attached hydrogen (secondary N) is 1. The molecule has 0 fully saturated rings. The van der Waals surface area contributed by atoms with Crippen molar-refractivity contribution in [2.45, 2.75) is 6.10 Å². The van der Waals surface area contributed by atoms with E-state index in [-0.39, 0.29) is 5.75 Å². The van der Waals surface area contributed by atoms with E-state index in [1.165, 1.54) is 6.07 Å². The van der Waals surface area contributed by atoms with Crippen LogP contribution in [0.1, 0.15) is 5.56 Å². The van der Waals surface area contributed by atoms with Gasteiger partial charge in [0.15, 0.2) is 0 Å². The molecule has 2 aromatic carbocycles. The smallest absolute Gasteiger partial charge is 0.128 e. The van der Waals surface area contributed by atoms with Gasteiger partial charge in [0.25, 0.3) is 0 Å². The van der Waals surface area contributed by atoms with Crippen molar-refractivity contribution in [2.75, 3.05) is 19.5 Å². The first-order valence-corrected chi connectivity index (χ1v) is 8.69. The number of allylic oxidation sites excluding steroid dienone is 1. The molecule has 1 aliphatic rings. The quantitative estimate of drug-likeness (QED) is 0.664. The van der Waals surface area contributed by atoms with Crippen molar-refractivity contribution >= 4 is 17.6 Å². The third kappa shape index (κ3) is 4.61. The highest BCUT2D eigenvalue weighted by Crippen LogP contribution is 2.27. The van der Waals surface area contributed by atoms with Crippen molar-refractivity contribution in [3.8, 4) is 11.5 Å². The lowest BCUT2D eigenvalue weighted by molar-refractivity contribution is 0.242. The molecule has 6 heteroatoms. The van der Waals surface area contributed by atoms with Crippen LogP contribution in [0.25, 0.3) is 0 Å². The standard InChI is InChI=1S/C22H22N2O4/c1-27-17-9-7-15(21(25)11-17)13-23-19-5-3-4-6-20(19)24-14-16-8-10-18(28-2)12-22(16)26/h3-14,21,23,25-26H,1-2H3/b15-13-,24-14?. The number of para-hydroxylation sites is 2. The number of aliphatic hydroxyl groups is 1. The molecule has 3 rings (SSSR count). The highest BCUT2D eigenvalue weighted by molar-refractivity contribution is 5.87. The van der Waals surface area contributed by atoms with Gasteiger partial charge in [-0.2, -0.15) is 0 Å². The van der Waals surface area contributed by atoms with Crippen LogP contribution in [0.15, 0.2) is 83.2 Å². The van der Waals surface area contributed by atoms with E-state index in [2.05, 4.69) is 10.3 Å². The van der Waals surface area contributed by atoms with Crippen molar-refractivity contribution in [3.05, 3.63) is 83.8 Å². The predicted octanol–water partition coefficient (Wildman–Crippen LogP) is 3.91. The molecule has 0 aliphatic heterocycles. The molecule has 0 bridgehead atoms. The van der Waals surface area contributed by atoms with Gasteiger partial charge in [0.2, 0.25) is 0 Å². The number of phenolic OH excluding ortho intramolecular Hbond substituents is 1. The van der Waals surface area contributed by atoms with Crippen LogP contribution in [0, 0.1) is 0 Å². The SMILES string of the molecule is COC1=CC(O)/C(=C\Nc2ccccc2N=Cc2ccc(OC)cc2O)C=C1. The summed E-state index contributed by atoms with van der Waals surface area (Å²) in [5.41, 5.74) is 2.74. The molecule has 0 radical (unpaired) electrons. The Morgan fingerprint density at radius 3 is 2.61 bits per heavy atom. The number of hydrogen-bond acceptors (Lipinski definition) is 6. The number of aromatic hydroxyl groups is 1. The van der Waals surface area contributed by atoms with Gasteiger partial charge in [-0.05, 0) is 36.4 Å². The van der Waals surface area contributed by atoms with Gasteiger partial charge in [-0.25, -0.2) is 0 Å². The minimum Gasteiger partial charge on any atom is -0.507 e. The molecule has 0 heterocycles. The minimum atomic E-state index is -0.751. The Kier molecular flexibility index (Phi) is 6.14. The normalized spacial score (nSPS) is 17.6. The second-order valence-corrected chi connectivity index (χ2v) is 6.04. The van der Waals surface area contributed by atoms with Crippen molar-refractivity contribution < 1.29 is 19.7 Å². The summed E-state index contributed by atoms with van der Waals surface area (Å²) >= 11 is 0. The Morgan fingerprint density at radius 2 is 1.89 bits per heavy atom. The van der Waals surface area contributed by atoms with Crippen molar-refractivity contribution in [3.63, 3.8) is 0 Å². The van der Waals surface area contributed by atoms with Gasteiger partial charge in [0.1, 0.15) is 23.4 Å². The van der Waals surface area contributed by atoms with E-state index in [0.717, 1.165) is 5.69 Å². The monoisotopic (exact) mass is 378 g/mol. The highest BCUT2D eigenvalue weighted by Gasteiger charge is 2.12. The summed E-state index contributed by atoms with van der Waals surface area (Å²) in [6.45, 7) is 0. The third-order valence-corrected chi connectivity index (χ3v) is 4.22. The van der Waals surface area contributed by atoms with Crippen LogP contribution >= 0.6 is 0 Å². The number of methoxy groups -OCH3 is 2. The minimum absolute atomic E-state index is 0.0897. The lowest BCUT2D eigenvalue weighted by Crippen LogP contribution is -2.11. The molecule has 3 N–H and O–H groups in total. The van der Waals surface area contributed by atoms with Crippen LogP contribution in [0.3, 0.4) is 0 Å². The zero-order valence-electron chi connectivity index (χ0n) is 15.7. The third-order valence-electron chi connectivity index (χ3n) is 4.22. The number of nitrogens with zero attached hydrogens (tertiary/aromatic N) is 1. The van der Waals surface area contributed by atoms with E-state index in [0.29, 0.717) is 28.3 Å². The van der Waals surface area contributed by atoms with Gasteiger partial charge in [0, 0.05) is 29.6 Å². The van der Waals surface area contributed by atoms with Crippen LogP contribution in [-0.4, -0.2) is 36.8 Å². The summed E-state index contributed by atoms with van der Waals surface area (Å²) in [6.07, 6.45) is 7.77. The predicted molar refractivity (Wildman–Crippen MR) is 110 cm³/mol. The van der Waals surface area contributed by atoms with Crippen LogP contribution in [0.5, 0.6) is 11.5 Å². The number of anilines is 1. The molecule has 1 unspecified atom stereocenters. The number of phenols is 1. The van der Waals surface area contributed by atoms with Gasteiger partial charge in [-0.3, -0.25) is 4.99 Å². The van der Waals surface area contributed by atoms with E-state index in [4.69, 9.17) is 9.47 Å². The van der Waals surface area contributed by atoms with E-state index in [9.17, 15) is 10.2 Å². The molecular formula is C22H22N2O4. The average Bonchev–Trinajstić information content (AvgIpc) is 2.72. The molecule has 6 nitrogen and oxygen atoms in total. The molecule has 0 saturated carbocycles. The van der Waals surface area contributed by atoms with Crippen LogP contribution in [-0.2, 0) is 4.74 Å². The topological polar surface area (TPSA) is 83.3 Å². The van der Waals surface area contributed by atoms with E-state index < -0.39 is 6.10 Å². The number of ether oxygens (including phenoxy) is 2. The van der Waals surface area contributed by atoms with Crippen molar-refractivity contribution in [1.82, 2.24) is 0 Å². The maximum atomic E-state index is 10.2. The number of benzene rings is 2. The molecule has 0 spiro atoms. The highest BCUT2D eigenvalue weighted by atomic mass is 16.5. The molecular weight excluding hydrogens is 356 g/mol. The fourth-order valence-electron chi connectivity index (χ4n) is 2.62. The first-order valence-electron chi connectivity index (χ1n) is 8.69. The first kappa shape index (κ1) is 19.3.